The molecule has 0 spiro atoms. The third kappa shape index (κ3) is 4.93. The number of hydrogen-bond acceptors (Lipinski definition) is 2. The second-order valence-corrected chi connectivity index (χ2v) is 21.7. The molecule has 122 valence electrons. The number of unbranched alkanes of at least 4 members (excludes halogenated alkanes) is 1. The van der Waals surface area contributed by atoms with E-state index in [4.69, 9.17) is 9.53 Å². The fourth-order valence-corrected chi connectivity index (χ4v) is 9.86. The lowest BCUT2D eigenvalue weighted by molar-refractivity contribution is -0.132. The predicted molar refractivity (Wildman–Crippen MR) is 97.6 cm³/mol. The van der Waals surface area contributed by atoms with Crippen molar-refractivity contribution in [2.45, 2.75) is 45.5 Å². The van der Waals surface area contributed by atoms with Crippen LogP contribution in [0.4, 0.5) is 0 Å². The first-order valence-electron chi connectivity index (χ1n) is 7.79. The summed E-state index contributed by atoms with van der Waals surface area (Å²) in [5, 5.41) is 10.2. The van der Waals surface area contributed by atoms with Gasteiger partial charge in [0.2, 0.25) is 7.83 Å². The number of rotatable bonds is 9. The first-order valence-corrected chi connectivity index (χ1v) is 14.7. The van der Waals surface area contributed by atoms with Crippen LogP contribution in [0.5, 0.6) is 0 Å². The van der Waals surface area contributed by atoms with Crippen LogP contribution in [0, 0.1) is 0 Å². The summed E-state index contributed by atoms with van der Waals surface area (Å²) in [5.74, 6) is -0.897. The molecule has 22 heavy (non-hydrogen) atoms. The largest absolute Gasteiger partial charge is 0.478 e. The summed E-state index contributed by atoms with van der Waals surface area (Å²) in [6.07, 6.45) is 2.23. The summed E-state index contributed by atoms with van der Waals surface area (Å²) in [6.45, 7) is 13.7. The van der Waals surface area contributed by atoms with Crippen LogP contribution in [0.1, 0.15) is 19.3 Å². The van der Waals surface area contributed by atoms with Crippen molar-refractivity contribution < 1.29 is 14.3 Å². The van der Waals surface area contributed by atoms with Gasteiger partial charge in [-0.15, -0.1) is 0 Å². The number of hydrogen-bond donors (Lipinski definition) is 1. The summed E-state index contributed by atoms with van der Waals surface area (Å²) in [6, 6.07) is 10.6. The Morgan fingerprint density at radius 1 is 1.14 bits per heavy atom. The molecule has 1 atom stereocenters. The van der Waals surface area contributed by atoms with Gasteiger partial charge < -0.3 is 9.53 Å². The van der Waals surface area contributed by atoms with Crippen LogP contribution in [0.15, 0.2) is 42.5 Å². The Labute approximate surface area is 135 Å². The molecule has 0 aromatic heterocycles. The number of carboxylic acid groups (broad SMARTS) is 1. The van der Waals surface area contributed by atoms with E-state index in [1.54, 1.807) is 0 Å². The number of aliphatic carboxylic acids is 1. The molecule has 3 nitrogen and oxygen atoms in total. The summed E-state index contributed by atoms with van der Waals surface area (Å²) in [5.41, 5.74) is 0.285. The van der Waals surface area contributed by atoms with Crippen LogP contribution >= 0.6 is 0 Å². The third-order valence-electron chi connectivity index (χ3n) is 4.32. The van der Waals surface area contributed by atoms with Crippen molar-refractivity contribution in [2.75, 3.05) is 6.61 Å². The zero-order valence-corrected chi connectivity index (χ0v) is 16.2. The van der Waals surface area contributed by atoms with Gasteiger partial charge in [0.25, 0.3) is 0 Å². The summed E-state index contributed by atoms with van der Waals surface area (Å²) in [4.78, 5) is 10.7. The highest BCUT2D eigenvalue weighted by Crippen LogP contribution is 2.21. The average Bonchev–Trinajstić information content (AvgIpc) is 2.46. The van der Waals surface area contributed by atoms with Crippen molar-refractivity contribution in [1.82, 2.24) is 0 Å². The Balaban J connectivity index is 2.62. The maximum absolute atomic E-state index is 10.7. The Bertz CT molecular complexity index is 508. The lowest BCUT2D eigenvalue weighted by Crippen LogP contribution is -2.65. The zero-order chi connectivity index (χ0) is 16.8. The van der Waals surface area contributed by atoms with Crippen LogP contribution in [0.2, 0.25) is 26.2 Å². The smallest absolute Gasteiger partial charge is 0.330 e. The number of carboxylic acids is 1. The van der Waals surface area contributed by atoms with E-state index in [1.807, 2.05) is 6.07 Å². The van der Waals surface area contributed by atoms with Crippen LogP contribution in [0.3, 0.4) is 0 Å². The standard InChI is InChI=1S/C17H28O3Si2/c1-15(17(18)19)11-9-10-14-20-22(5,21(2,3)4)16-12-7-6-8-13-16/h6-8,12-13H,1,9-11,14H2,2-5H3,(H,18,19). The van der Waals surface area contributed by atoms with E-state index >= 15 is 0 Å². The summed E-state index contributed by atoms with van der Waals surface area (Å²) in [7, 11) is -3.37. The van der Waals surface area contributed by atoms with Crippen molar-refractivity contribution >= 4 is 26.6 Å². The fourth-order valence-electron chi connectivity index (χ4n) is 2.31. The average molecular weight is 337 g/mol. The topological polar surface area (TPSA) is 46.5 Å². The van der Waals surface area contributed by atoms with E-state index in [2.05, 4.69) is 57.0 Å². The van der Waals surface area contributed by atoms with E-state index in [1.165, 1.54) is 5.19 Å². The van der Waals surface area contributed by atoms with Crippen LogP contribution < -0.4 is 5.19 Å². The Kier molecular flexibility index (Phi) is 6.77. The van der Waals surface area contributed by atoms with E-state index in [0.717, 1.165) is 12.8 Å². The Hall–Kier alpha value is -1.18. The van der Waals surface area contributed by atoms with E-state index < -0.39 is 21.4 Å². The van der Waals surface area contributed by atoms with Gasteiger partial charge in [0, 0.05) is 12.2 Å². The molecule has 0 bridgehead atoms. The Morgan fingerprint density at radius 2 is 1.73 bits per heavy atom. The molecule has 0 aliphatic heterocycles. The van der Waals surface area contributed by atoms with Crippen molar-refractivity contribution in [2.24, 2.45) is 0 Å². The van der Waals surface area contributed by atoms with Crippen LogP contribution in [0.25, 0.3) is 0 Å². The van der Waals surface area contributed by atoms with Crippen molar-refractivity contribution in [1.29, 1.82) is 0 Å². The Morgan fingerprint density at radius 3 is 2.23 bits per heavy atom. The molecule has 1 aromatic rings. The molecule has 0 aliphatic rings. The van der Waals surface area contributed by atoms with Crippen molar-refractivity contribution in [3.63, 3.8) is 0 Å². The second-order valence-electron chi connectivity index (χ2n) is 6.86. The van der Waals surface area contributed by atoms with Crippen LogP contribution in [-0.2, 0) is 9.22 Å². The molecule has 0 aliphatic carbocycles. The third-order valence-corrected chi connectivity index (χ3v) is 19.3. The zero-order valence-electron chi connectivity index (χ0n) is 14.2. The first-order chi connectivity index (χ1) is 10.2. The van der Waals surface area contributed by atoms with Gasteiger partial charge in [0.05, 0.1) is 7.59 Å². The van der Waals surface area contributed by atoms with Gasteiger partial charge in [-0.1, -0.05) is 56.6 Å². The highest BCUT2D eigenvalue weighted by molar-refractivity contribution is 7.43. The minimum absolute atomic E-state index is 0.285. The van der Waals surface area contributed by atoms with Gasteiger partial charge in [-0.25, -0.2) is 4.79 Å². The summed E-state index contributed by atoms with van der Waals surface area (Å²) >= 11 is 0. The molecule has 1 N–H and O–H groups in total. The molecule has 0 saturated carbocycles. The van der Waals surface area contributed by atoms with E-state index in [-0.39, 0.29) is 5.57 Å². The normalized spacial score (nSPS) is 14.4. The molecular formula is C17H28O3Si2. The molecule has 1 aromatic carbocycles. The number of carbonyl (C=O) groups is 1. The quantitative estimate of drug-likeness (QED) is 0.425. The van der Waals surface area contributed by atoms with Crippen molar-refractivity contribution in [3.8, 4) is 0 Å². The predicted octanol–water partition coefficient (Wildman–Crippen LogP) is 3.71. The summed E-state index contributed by atoms with van der Waals surface area (Å²) < 4.78 is 6.45. The molecule has 1 rings (SSSR count). The van der Waals surface area contributed by atoms with E-state index in [0.29, 0.717) is 13.0 Å². The van der Waals surface area contributed by atoms with Crippen LogP contribution in [-0.4, -0.2) is 33.1 Å². The SMILES string of the molecule is C=C(CCCCO[Si](C)(c1ccccc1)[Si](C)(C)C)C(=O)O. The second kappa shape index (κ2) is 7.90. The van der Waals surface area contributed by atoms with Gasteiger partial charge in [-0.3, -0.25) is 0 Å². The molecular weight excluding hydrogens is 308 g/mol. The molecule has 0 heterocycles. The van der Waals surface area contributed by atoms with E-state index in [9.17, 15) is 4.79 Å². The van der Waals surface area contributed by atoms with Crippen molar-refractivity contribution in [3.05, 3.63) is 42.5 Å². The molecule has 0 radical (unpaired) electrons. The highest BCUT2D eigenvalue weighted by atomic mass is 29.3. The minimum Gasteiger partial charge on any atom is -0.478 e. The maximum atomic E-state index is 10.7. The van der Waals surface area contributed by atoms with Gasteiger partial charge in [0.1, 0.15) is 0 Å². The molecule has 5 heteroatoms. The lowest BCUT2D eigenvalue weighted by atomic mass is 10.1. The van der Waals surface area contributed by atoms with Gasteiger partial charge in [0.15, 0.2) is 0 Å². The monoisotopic (exact) mass is 336 g/mol. The highest BCUT2D eigenvalue weighted by Gasteiger charge is 2.44. The molecule has 0 amide bonds. The molecule has 0 saturated heterocycles. The molecule has 0 fully saturated rings. The minimum atomic E-state index is -1.93. The number of benzene rings is 1. The lowest BCUT2D eigenvalue weighted by Gasteiger charge is -2.38. The van der Waals surface area contributed by atoms with Gasteiger partial charge in [-0.2, -0.15) is 0 Å². The van der Waals surface area contributed by atoms with Gasteiger partial charge in [-0.05, 0) is 31.0 Å². The first kappa shape index (κ1) is 18.9. The molecule has 1 unspecified atom stereocenters. The maximum Gasteiger partial charge on any atom is 0.330 e. The fraction of sp³-hybridized carbons (Fsp3) is 0.471. The van der Waals surface area contributed by atoms with Gasteiger partial charge >= 0.3 is 5.97 Å².